The van der Waals surface area contributed by atoms with Crippen LogP contribution in [0, 0.1) is 13.8 Å². The summed E-state index contributed by atoms with van der Waals surface area (Å²) in [5.41, 5.74) is 1.68. The van der Waals surface area contributed by atoms with E-state index in [4.69, 9.17) is 4.74 Å². The molecule has 0 saturated heterocycles. The van der Waals surface area contributed by atoms with Gasteiger partial charge in [0.05, 0.1) is 0 Å². The fourth-order valence-corrected chi connectivity index (χ4v) is 2.67. The quantitative estimate of drug-likeness (QED) is 0.833. The van der Waals surface area contributed by atoms with Crippen LogP contribution in [0.5, 0.6) is 0 Å². The van der Waals surface area contributed by atoms with Gasteiger partial charge < -0.3 is 10.1 Å². The fraction of sp³-hybridized carbons (Fsp3) is 0.200. The molecule has 21 heavy (non-hydrogen) atoms. The van der Waals surface area contributed by atoms with Crippen molar-refractivity contribution in [3.63, 3.8) is 0 Å². The number of carbonyl (C=O) groups excluding carboxylic acids is 2. The molecule has 110 valence electrons. The van der Waals surface area contributed by atoms with Gasteiger partial charge in [0.2, 0.25) is 0 Å². The number of ether oxygens (including phenoxy) is 1. The molecule has 1 aromatic carbocycles. The van der Waals surface area contributed by atoms with Crippen LogP contribution in [0.4, 0.5) is 5.69 Å². The highest BCUT2D eigenvalue weighted by Gasteiger charge is 2.12. The SMILES string of the molecule is Cc1ccc(C(=O)OCC(=O)Nc2ccc(Br)c(C)c2)s1. The molecule has 1 aromatic heterocycles. The number of benzene rings is 1. The van der Waals surface area contributed by atoms with Crippen LogP contribution in [0.3, 0.4) is 0 Å². The maximum atomic E-state index is 11.8. The third-order valence-corrected chi connectivity index (χ3v) is 4.59. The number of aryl methyl sites for hydroxylation is 2. The molecule has 0 atom stereocenters. The zero-order chi connectivity index (χ0) is 15.4. The number of carbonyl (C=O) groups is 2. The van der Waals surface area contributed by atoms with E-state index in [-0.39, 0.29) is 12.5 Å². The van der Waals surface area contributed by atoms with Crippen LogP contribution >= 0.6 is 27.3 Å². The number of nitrogens with one attached hydrogen (secondary N) is 1. The second kappa shape index (κ2) is 6.87. The molecule has 0 aliphatic rings. The van der Waals surface area contributed by atoms with Crippen molar-refractivity contribution in [1.82, 2.24) is 0 Å². The van der Waals surface area contributed by atoms with Crippen molar-refractivity contribution < 1.29 is 14.3 Å². The minimum absolute atomic E-state index is 0.301. The van der Waals surface area contributed by atoms with Gasteiger partial charge in [0.1, 0.15) is 4.88 Å². The van der Waals surface area contributed by atoms with Gasteiger partial charge in [-0.05, 0) is 49.7 Å². The highest BCUT2D eigenvalue weighted by Crippen LogP contribution is 2.20. The number of hydrogen-bond donors (Lipinski definition) is 1. The van der Waals surface area contributed by atoms with Crippen molar-refractivity contribution >= 4 is 44.8 Å². The first-order valence-corrected chi connectivity index (χ1v) is 7.86. The van der Waals surface area contributed by atoms with E-state index in [2.05, 4.69) is 21.2 Å². The number of esters is 1. The Morgan fingerprint density at radius 1 is 1.24 bits per heavy atom. The molecule has 0 aliphatic heterocycles. The lowest BCUT2D eigenvalue weighted by atomic mass is 10.2. The monoisotopic (exact) mass is 367 g/mol. The summed E-state index contributed by atoms with van der Waals surface area (Å²) in [7, 11) is 0. The zero-order valence-electron chi connectivity index (χ0n) is 11.6. The van der Waals surface area contributed by atoms with E-state index in [1.165, 1.54) is 11.3 Å². The smallest absolute Gasteiger partial charge is 0.348 e. The van der Waals surface area contributed by atoms with Crippen LogP contribution in [0.25, 0.3) is 0 Å². The van der Waals surface area contributed by atoms with Crippen LogP contribution in [0.2, 0.25) is 0 Å². The maximum absolute atomic E-state index is 11.8. The number of anilines is 1. The van der Waals surface area contributed by atoms with Gasteiger partial charge in [-0.15, -0.1) is 11.3 Å². The van der Waals surface area contributed by atoms with Crippen molar-refractivity contribution in [2.45, 2.75) is 13.8 Å². The van der Waals surface area contributed by atoms with Crippen LogP contribution in [0.1, 0.15) is 20.1 Å². The number of halogens is 1. The molecule has 2 rings (SSSR count). The molecular formula is C15H14BrNO3S. The second-order valence-corrected chi connectivity index (χ2v) is 6.64. The predicted octanol–water partition coefficient (Wildman–Crippen LogP) is 3.92. The average molecular weight is 368 g/mol. The van der Waals surface area contributed by atoms with Crippen LogP contribution in [-0.4, -0.2) is 18.5 Å². The van der Waals surface area contributed by atoms with Gasteiger partial charge in [-0.3, -0.25) is 4.79 Å². The Morgan fingerprint density at radius 2 is 2.00 bits per heavy atom. The zero-order valence-corrected chi connectivity index (χ0v) is 14.0. The average Bonchev–Trinajstić information content (AvgIpc) is 2.87. The van der Waals surface area contributed by atoms with Gasteiger partial charge in [-0.1, -0.05) is 15.9 Å². The molecule has 0 unspecified atom stereocenters. The summed E-state index contributed by atoms with van der Waals surface area (Å²) in [6, 6.07) is 9.00. The number of rotatable bonds is 4. The molecular weight excluding hydrogens is 354 g/mol. The normalized spacial score (nSPS) is 10.2. The molecule has 1 amide bonds. The van der Waals surface area contributed by atoms with Gasteiger partial charge >= 0.3 is 5.97 Å². The molecule has 0 bridgehead atoms. The third-order valence-electron chi connectivity index (χ3n) is 2.72. The first-order valence-electron chi connectivity index (χ1n) is 6.25. The lowest BCUT2D eigenvalue weighted by Gasteiger charge is -2.07. The largest absolute Gasteiger partial charge is 0.451 e. The molecule has 0 radical (unpaired) electrons. The summed E-state index contributed by atoms with van der Waals surface area (Å²) in [6.45, 7) is 3.54. The summed E-state index contributed by atoms with van der Waals surface area (Å²) in [4.78, 5) is 25.0. The van der Waals surface area contributed by atoms with Crippen molar-refractivity contribution in [2.24, 2.45) is 0 Å². The third kappa shape index (κ3) is 4.41. The molecule has 1 N–H and O–H groups in total. The van der Waals surface area contributed by atoms with Crippen molar-refractivity contribution in [3.8, 4) is 0 Å². The summed E-state index contributed by atoms with van der Waals surface area (Å²) < 4.78 is 5.95. The number of hydrogen-bond acceptors (Lipinski definition) is 4. The molecule has 6 heteroatoms. The van der Waals surface area contributed by atoms with Crippen molar-refractivity contribution in [1.29, 1.82) is 0 Å². The molecule has 0 saturated carbocycles. The minimum Gasteiger partial charge on any atom is -0.451 e. The van der Waals surface area contributed by atoms with Gasteiger partial charge in [0.25, 0.3) is 5.91 Å². The standard InChI is InChI=1S/C15H14BrNO3S/c1-9-7-11(4-5-12(9)16)17-14(18)8-20-15(19)13-6-3-10(2)21-13/h3-7H,8H2,1-2H3,(H,17,18). The first kappa shape index (κ1) is 15.7. The lowest BCUT2D eigenvalue weighted by Crippen LogP contribution is -2.20. The van der Waals surface area contributed by atoms with Gasteiger partial charge in [0.15, 0.2) is 6.61 Å². The topological polar surface area (TPSA) is 55.4 Å². The van der Waals surface area contributed by atoms with E-state index in [0.717, 1.165) is 14.9 Å². The van der Waals surface area contributed by atoms with E-state index in [1.807, 2.05) is 32.0 Å². The Balaban J connectivity index is 1.87. The van der Waals surface area contributed by atoms with E-state index in [0.29, 0.717) is 10.6 Å². The second-order valence-electron chi connectivity index (χ2n) is 4.50. The Labute approximate surface area is 135 Å². The highest BCUT2D eigenvalue weighted by molar-refractivity contribution is 9.10. The van der Waals surface area contributed by atoms with E-state index in [9.17, 15) is 9.59 Å². The van der Waals surface area contributed by atoms with Gasteiger partial charge in [-0.25, -0.2) is 4.79 Å². The Hall–Kier alpha value is -1.66. The Kier molecular flexibility index (Phi) is 5.14. The summed E-state index contributed by atoms with van der Waals surface area (Å²) in [5, 5.41) is 2.69. The Morgan fingerprint density at radius 3 is 2.62 bits per heavy atom. The minimum atomic E-state index is -0.477. The number of amides is 1. The first-order chi connectivity index (χ1) is 9.95. The summed E-state index contributed by atoms with van der Waals surface area (Å²) in [5.74, 6) is -0.839. The van der Waals surface area contributed by atoms with Gasteiger partial charge in [-0.2, -0.15) is 0 Å². The van der Waals surface area contributed by atoms with Crippen LogP contribution in [0.15, 0.2) is 34.8 Å². The van der Waals surface area contributed by atoms with E-state index >= 15 is 0 Å². The fourth-order valence-electron chi connectivity index (χ4n) is 1.67. The molecule has 0 aliphatic carbocycles. The van der Waals surface area contributed by atoms with Gasteiger partial charge in [0, 0.05) is 15.0 Å². The lowest BCUT2D eigenvalue weighted by molar-refractivity contribution is -0.119. The molecule has 1 heterocycles. The molecule has 0 spiro atoms. The molecule has 2 aromatic rings. The number of thiophene rings is 1. The van der Waals surface area contributed by atoms with Crippen LogP contribution < -0.4 is 5.32 Å². The van der Waals surface area contributed by atoms with Crippen LogP contribution in [-0.2, 0) is 9.53 Å². The molecule has 4 nitrogen and oxygen atoms in total. The predicted molar refractivity (Wildman–Crippen MR) is 86.8 cm³/mol. The maximum Gasteiger partial charge on any atom is 0.348 e. The molecule has 0 fully saturated rings. The highest BCUT2D eigenvalue weighted by atomic mass is 79.9. The van der Waals surface area contributed by atoms with Crippen molar-refractivity contribution in [2.75, 3.05) is 11.9 Å². The van der Waals surface area contributed by atoms with E-state index in [1.54, 1.807) is 12.1 Å². The summed E-state index contributed by atoms with van der Waals surface area (Å²) >= 11 is 4.74. The van der Waals surface area contributed by atoms with Crippen molar-refractivity contribution in [3.05, 3.63) is 50.1 Å². The Bertz CT molecular complexity index is 681. The van der Waals surface area contributed by atoms with E-state index < -0.39 is 5.97 Å². The summed E-state index contributed by atoms with van der Waals surface area (Å²) in [6.07, 6.45) is 0.